The molecule has 1 fully saturated rings. The summed E-state index contributed by atoms with van der Waals surface area (Å²) >= 11 is 0. The van der Waals surface area contributed by atoms with Crippen molar-refractivity contribution in [1.29, 1.82) is 0 Å². The highest BCUT2D eigenvalue weighted by molar-refractivity contribution is 5.82. The SMILES string of the molecule is CCCCN1CC(C)(C)CN(C)C(CN)C1=O. The van der Waals surface area contributed by atoms with Gasteiger partial charge < -0.3 is 10.6 Å². The van der Waals surface area contributed by atoms with E-state index in [2.05, 4.69) is 25.7 Å². The minimum absolute atomic E-state index is 0.141. The highest BCUT2D eigenvalue weighted by Crippen LogP contribution is 2.24. The molecule has 1 unspecified atom stereocenters. The summed E-state index contributed by atoms with van der Waals surface area (Å²) in [5, 5.41) is 0. The van der Waals surface area contributed by atoms with Crippen molar-refractivity contribution in [2.24, 2.45) is 11.1 Å². The van der Waals surface area contributed by atoms with Gasteiger partial charge >= 0.3 is 0 Å². The molecule has 1 atom stereocenters. The van der Waals surface area contributed by atoms with Crippen LogP contribution in [-0.2, 0) is 4.79 Å². The minimum atomic E-state index is -0.145. The van der Waals surface area contributed by atoms with Crippen LogP contribution in [0, 0.1) is 5.41 Å². The molecule has 0 aromatic rings. The summed E-state index contributed by atoms with van der Waals surface area (Å²) in [4.78, 5) is 16.5. The Labute approximate surface area is 105 Å². The summed E-state index contributed by atoms with van der Waals surface area (Å²) in [6, 6.07) is -0.145. The molecule has 100 valence electrons. The number of carbonyl (C=O) groups excluding carboxylic acids is 1. The molecule has 0 radical (unpaired) electrons. The molecule has 1 amide bonds. The molecule has 2 N–H and O–H groups in total. The van der Waals surface area contributed by atoms with E-state index in [4.69, 9.17) is 5.73 Å². The number of amides is 1. The van der Waals surface area contributed by atoms with E-state index >= 15 is 0 Å². The Bertz CT molecular complexity index is 265. The number of nitrogens with zero attached hydrogens (tertiary/aromatic N) is 2. The molecule has 1 aliphatic heterocycles. The van der Waals surface area contributed by atoms with Gasteiger partial charge in [-0.2, -0.15) is 0 Å². The van der Waals surface area contributed by atoms with Crippen molar-refractivity contribution in [1.82, 2.24) is 9.80 Å². The fourth-order valence-corrected chi connectivity index (χ4v) is 2.65. The van der Waals surface area contributed by atoms with Crippen LogP contribution in [0.2, 0.25) is 0 Å². The predicted octanol–water partition coefficient (Wildman–Crippen LogP) is 0.914. The number of nitrogens with two attached hydrogens (primary N) is 1. The molecular weight excluding hydrogens is 214 g/mol. The molecule has 1 saturated heterocycles. The first-order valence-corrected chi connectivity index (χ1v) is 6.60. The monoisotopic (exact) mass is 241 g/mol. The van der Waals surface area contributed by atoms with E-state index in [-0.39, 0.29) is 17.4 Å². The average molecular weight is 241 g/mol. The largest absolute Gasteiger partial charge is 0.341 e. The first kappa shape index (κ1) is 14.5. The van der Waals surface area contributed by atoms with Crippen molar-refractivity contribution in [3.8, 4) is 0 Å². The van der Waals surface area contributed by atoms with Gasteiger partial charge in [-0.3, -0.25) is 9.69 Å². The molecule has 1 rings (SSSR count). The molecule has 4 nitrogen and oxygen atoms in total. The van der Waals surface area contributed by atoms with Crippen LogP contribution in [0.3, 0.4) is 0 Å². The van der Waals surface area contributed by atoms with Crippen LogP contribution in [0.25, 0.3) is 0 Å². The third-order valence-electron chi connectivity index (χ3n) is 3.43. The summed E-state index contributed by atoms with van der Waals surface area (Å²) in [5.74, 6) is 0.203. The first-order valence-electron chi connectivity index (χ1n) is 6.60. The molecule has 0 bridgehead atoms. The van der Waals surface area contributed by atoms with Crippen LogP contribution in [0.15, 0.2) is 0 Å². The van der Waals surface area contributed by atoms with E-state index in [9.17, 15) is 4.79 Å². The summed E-state index contributed by atoms with van der Waals surface area (Å²) in [5.41, 5.74) is 5.88. The van der Waals surface area contributed by atoms with Gasteiger partial charge in [0.05, 0.1) is 0 Å². The maximum absolute atomic E-state index is 12.4. The van der Waals surface area contributed by atoms with Crippen molar-refractivity contribution >= 4 is 5.91 Å². The second-order valence-electron chi connectivity index (χ2n) is 5.94. The highest BCUT2D eigenvalue weighted by Gasteiger charge is 2.36. The summed E-state index contributed by atoms with van der Waals surface area (Å²) in [6.45, 7) is 9.62. The molecule has 0 spiro atoms. The third kappa shape index (κ3) is 3.68. The Hall–Kier alpha value is -0.610. The Morgan fingerprint density at radius 3 is 2.59 bits per heavy atom. The van der Waals surface area contributed by atoms with Crippen LogP contribution in [0.5, 0.6) is 0 Å². The number of rotatable bonds is 4. The maximum Gasteiger partial charge on any atom is 0.241 e. The average Bonchev–Trinajstić information content (AvgIpc) is 2.30. The Kier molecular flexibility index (Phi) is 4.95. The van der Waals surface area contributed by atoms with Gasteiger partial charge in [0.2, 0.25) is 5.91 Å². The van der Waals surface area contributed by atoms with Crippen molar-refractivity contribution in [2.45, 2.75) is 39.7 Å². The van der Waals surface area contributed by atoms with Crippen LogP contribution in [0.1, 0.15) is 33.6 Å². The molecule has 1 heterocycles. The number of hydrogen-bond acceptors (Lipinski definition) is 3. The molecule has 0 aliphatic carbocycles. The van der Waals surface area contributed by atoms with Gasteiger partial charge in [0.15, 0.2) is 0 Å². The van der Waals surface area contributed by atoms with E-state index < -0.39 is 0 Å². The Morgan fingerprint density at radius 2 is 2.06 bits per heavy atom. The highest BCUT2D eigenvalue weighted by atomic mass is 16.2. The van der Waals surface area contributed by atoms with Crippen LogP contribution in [0.4, 0.5) is 0 Å². The van der Waals surface area contributed by atoms with E-state index in [1.807, 2.05) is 11.9 Å². The molecular formula is C13H27N3O. The van der Waals surface area contributed by atoms with Gasteiger partial charge in [-0.25, -0.2) is 0 Å². The fourth-order valence-electron chi connectivity index (χ4n) is 2.65. The third-order valence-corrected chi connectivity index (χ3v) is 3.43. The zero-order chi connectivity index (χ0) is 13.1. The van der Waals surface area contributed by atoms with Crippen molar-refractivity contribution in [3.05, 3.63) is 0 Å². The lowest BCUT2D eigenvalue weighted by Gasteiger charge is -2.29. The van der Waals surface area contributed by atoms with Crippen molar-refractivity contribution in [3.63, 3.8) is 0 Å². The van der Waals surface area contributed by atoms with E-state index in [1.54, 1.807) is 0 Å². The topological polar surface area (TPSA) is 49.6 Å². The van der Waals surface area contributed by atoms with Gasteiger partial charge in [-0.15, -0.1) is 0 Å². The summed E-state index contributed by atoms with van der Waals surface area (Å²) in [6.07, 6.45) is 2.19. The quantitative estimate of drug-likeness (QED) is 0.796. The van der Waals surface area contributed by atoms with Gasteiger partial charge in [0, 0.05) is 26.2 Å². The lowest BCUT2D eigenvalue weighted by atomic mass is 9.92. The maximum atomic E-state index is 12.4. The normalized spacial score (nSPS) is 26.1. The fraction of sp³-hybridized carbons (Fsp3) is 0.923. The lowest BCUT2D eigenvalue weighted by Crippen LogP contribution is -2.48. The van der Waals surface area contributed by atoms with Gasteiger partial charge in [0.1, 0.15) is 6.04 Å². The number of unbranched alkanes of at least 4 members (excludes halogenated alkanes) is 1. The zero-order valence-corrected chi connectivity index (χ0v) is 11.7. The van der Waals surface area contributed by atoms with E-state index in [0.717, 1.165) is 32.5 Å². The second-order valence-corrected chi connectivity index (χ2v) is 5.94. The summed E-state index contributed by atoms with van der Waals surface area (Å²) < 4.78 is 0. The summed E-state index contributed by atoms with van der Waals surface area (Å²) in [7, 11) is 2.00. The second kappa shape index (κ2) is 5.83. The molecule has 0 aromatic carbocycles. The van der Waals surface area contributed by atoms with Gasteiger partial charge in [-0.1, -0.05) is 27.2 Å². The Balaban J connectivity index is 2.84. The number of hydrogen-bond donors (Lipinski definition) is 1. The van der Waals surface area contributed by atoms with E-state index in [1.165, 1.54) is 0 Å². The van der Waals surface area contributed by atoms with Crippen molar-refractivity contribution in [2.75, 3.05) is 33.2 Å². The molecule has 17 heavy (non-hydrogen) atoms. The number of likely N-dealkylation sites (N-methyl/N-ethyl adjacent to an activating group) is 1. The van der Waals surface area contributed by atoms with Crippen LogP contribution < -0.4 is 5.73 Å². The van der Waals surface area contributed by atoms with Gasteiger partial charge in [0.25, 0.3) is 0 Å². The lowest BCUT2D eigenvalue weighted by molar-refractivity contribution is -0.135. The molecule has 0 aromatic heterocycles. The van der Waals surface area contributed by atoms with E-state index in [0.29, 0.717) is 6.54 Å². The minimum Gasteiger partial charge on any atom is -0.341 e. The molecule has 0 saturated carbocycles. The molecule has 1 aliphatic rings. The predicted molar refractivity (Wildman–Crippen MR) is 70.7 cm³/mol. The first-order chi connectivity index (χ1) is 7.91. The Morgan fingerprint density at radius 1 is 1.41 bits per heavy atom. The van der Waals surface area contributed by atoms with Crippen molar-refractivity contribution < 1.29 is 4.79 Å². The molecule has 4 heteroatoms. The van der Waals surface area contributed by atoms with Crippen LogP contribution >= 0.6 is 0 Å². The van der Waals surface area contributed by atoms with Crippen LogP contribution in [-0.4, -0.2) is 55.0 Å². The standard InChI is InChI=1S/C13H27N3O/c1-5-6-7-16-10-13(2,3)9-15(4)11(8-14)12(16)17/h11H,5-10,14H2,1-4H3. The smallest absolute Gasteiger partial charge is 0.241 e. The van der Waals surface area contributed by atoms with Gasteiger partial charge in [-0.05, 0) is 18.9 Å². The zero-order valence-electron chi connectivity index (χ0n) is 11.7. The number of carbonyl (C=O) groups is 1.